The van der Waals surface area contributed by atoms with E-state index >= 15 is 0 Å². The van der Waals surface area contributed by atoms with Gasteiger partial charge in [0, 0.05) is 36.6 Å². The zero-order valence-electron chi connectivity index (χ0n) is 15.0. The summed E-state index contributed by atoms with van der Waals surface area (Å²) < 4.78 is 1.09. The second-order valence-corrected chi connectivity index (χ2v) is 7.84. The van der Waals surface area contributed by atoms with Crippen molar-refractivity contribution in [3.63, 3.8) is 0 Å². The lowest BCUT2D eigenvalue weighted by atomic mass is 9.79. The van der Waals surface area contributed by atoms with Crippen molar-refractivity contribution in [2.45, 2.75) is 26.3 Å². The fraction of sp³-hybridized carbons (Fsp3) is 0.450. The number of H-pyrrole nitrogens is 1. The number of nitrogens with zero attached hydrogens (tertiary/aromatic N) is 2. The van der Waals surface area contributed by atoms with Crippen molar-refractivity contribution in [1.82, 2.24) is 14.8 Å². The summed E-state index contributed by atoms with van der Waals surface area (Å²) in [4.78, 5) is 20.7. The van der Waals surface area contributed by atoms with Gasteiger partial charge in [0.05, 0.1) is 10.5 Å². The van der Waals surface area contributed by atoms with E-state index in [-0.39, 0.29) is 11.8 Å². The van der Waals surface area contributed by atoms with E-state index in [2.05, 4.69) is 71.0 Å². The first-order valence-electron chi connectivity index (χ1n) is 9.05. The van der Waals surface area contributed by atoms with Crippen LogP contribution in [0.2, 0.25) is 0 Å². The van der Waals surface area contributed by atoms with Crippen LogP contribution in [0, 0.1) is 5.92 Å². The minimum absolute atomic E-state index is 0.0599. The second kappa shape index (κ2) is 6.29. The summed E-state index contributed by atoms with van der Waals surface area (Å²) in [5.74, 6) is 0.186. The fourth-order valence-electron chi connectivity index (χ4n) is 4.42. The van der Waals surface area contributed by atoms with Crippen LogP contribution in [0.25, 0.3) is 16.5 Å². The lowest BCUT2D eigenvalue weighted by Gasteiger charge is -2.40. The van der Waals surface area contributed by atoms with Crippen molar-refractivity contribution in [3.05, 3.63) is 40.0 Å². The standard InChI is InChI=1S/C20H24BrN3O/c1-4-24(5-2)20(25)12-9-14-13-7-6-8-16-18(13)15(19(21)22-16)10-17(14)23(3)11-12/h6-9,12,17,22H,4-5,10-11H2,1-3H3/t12-,17?/m0/s1. The Morgan fingerprint density at radius 3 is 2.84 bits per heavy atom. The Morgan fingerprint density at radius 1 is 1.36 bits per heavy atom. The lowest BCUT2D eigenvalue weighted by Crippen LogP contribution is -2.47. The van der Waals surface area contributed by atoms with E-state index in [1.165, 1.54) is 27.6 Å². The number of fused-ring (bicyclic) bond motifs is 2. The van der Waals surface area contributed by atoms with E-state index in [4.69, 9.17) is 0 Å². The summed E-state index contributed by atoms with van der Waals surface area (Å²) in [6, 6.07) is 6.76. The number of hydrogen-bond donors (Lipinski definition) is 1. The van der Waals surface area contributed by atoms with Crippen LogP contribution in [-0.4, -0.2) is 53.4 Å². The number of aromatic nitrogens is 1. The predicted octanol–water partition coefficient (Wildman–Crippen LogP) is 3.67. The topological polar surface area (TPSA) is 39.3 Å². The van der Waals surface area contributed by atoms with Gasteiger partial charge in [-0.3, -0.25) is 9.69 Å². The van der Waals surface area contributed by atoms with Crippen LogP contribution in [0.3, 0.4) is 0 Å². The highest BCUT2D eigenvalue weighted by Crippen LogP contribution is 2.43. The number of nitrogens with one attached hydrogen (secondary N) is 1. The highest BCUT2D eigenvalue weighted by molar-refractivity contribution is 9.10. The van der Waals surface area contributed by atoms with E-state index in [0.29, 0.717) is 6.04 Å². The number of benzene rings is 1. The number of hydrogen-bond acceptors (Lipinski definition) is 2. The Morgan fingerprint density at radius 2 is 2.12 bits per heavy atom. The molecule has 1 unspecified atom stereocenters. The molecule has 0 saturated carbocycles. The highest BCUT2D eigenvalue weighted by Gasteiger charge is 2.37. The maximum atomic E-state index is 12.9. The smallest absolute Gasteiger partial charge is 0.230 e. The van der Waals surface area contributed by atoms with E-state index in [1.807, 2.05) is 4.90 Å². The predicted molar refractivity (Wildman–Crippen MR) is 106 cm³/mol. The van der Waals surface area contributed by atoms with Gasteiger partial charge in [0.1, 0.15) is 0 Å². The molecule has 0 fully saturated rings. The average Bonchev–Trinajstić information content (AvgIpc) is 2.93. The molecule has 2 aliphatic rings. The number of aromatic amines is 1. The molecule has 132 valence electrons. The number of rotatable bonds is 3. The number of likely N-dealkylation sites (N-methyl/N-ethyl adjacent to an activating group) is 1. The van der Waals surface area contributed by atoms with Crippen molar-refractivity contribution >= 4 is 38.3 Å². The van der Waals surface area contributed by atoms with Crippen LogP contribution in [0.5, 0.6) is 0 Å². The molecule has 5 heteroatoms. The van der Waals surface area contributed by atoms with Gasteiger partial charge in [0.25, 0.3) is 0 Å². The summed E-state index contributed by atoms with van der Waals surface area (Å²) in [5, 5.41) is 1.31. The molecular formula is C20H24BrN3O. The van der Waals surface area contributed by atoms with Gasteiger partial charge in [0.2, 0.25) is 5.91 Å². The van der Waals surface area contributed by atoms with Crippen molar-refractivity contribution in [1.29, 1.82) is 0 Å². The lowest BCUT2D eigenvalue weighted by molar-refractivity contribution is -0.134. The van der Waals surface area contributed by atoms with Crippen LogP contribution in [0.15, 0.2) is 28.9 Å². The van der Waals surface area contributed by atoms with Crippen molar-refractivity contribution in [2.24, 2.45) is 5.92 Å². The molecule has 0 bridgehead atoms. The normalized spacial score (nSPS) is 22.6. The maximum absolute atomic E-state index is 12.9. The van der Waals surface area contributed by atoms with E-state index < -0.39 is 0 Å². The van der Waals surface area contributed by atoms with Crippen LogP contribution in [-0.2, 0) is 11.2 Å². The largest absolute Gasteiger partial charge is 0.349 e. The van der Waals surface area contributed by atoms with Crippen LogP contribution < -0.4 is 0 Å². The zero-order chi connectivity index (χ0) is 17.7. The van der Waals surface area contributed by atoms with Gasteiger partial charge in [0.15, 0.2) is 0 Å². The first-order valence-corrected chi connectivity index (χ1v) is 9.84. The van der Waals surface area contributed by atoms with Crippen LogP contribution >= 0.6 is 15.9 Å². The Hall–Kier alpha value is -1.59. The third-order valence-corrected chi connectivity index (χ3v) is 6.41. The molecule has 4 nitrogen and oxygen atoms in total. The first-order chi connectivity index (χ1) is 12.0. The van der Waals surface area contributed by atoms with Gasteiger partial charge in [-0.2, -0.15) is 0 Å². The van der Waals surface area contributed by atoms with Crippen molar-refractivity contribution in [2.75, 3.05) is 26.7 Å². The van der Waals surface area contributed by atoms with Gasteiger partial charge in [-0.1, -0.05) is 18.2 Å². The van der Waals surface area contributed by atoms with E-state index in [9.17, 15) is 4.79 Å². The number of carbonyl (C=O) groups is 1. The summed E-state index contributed by atoms with van der Waals surface area (Å²) in [5.41, 5.74) is 5.10. The Labute approximate surface area is 157 Å². The molecule has 0 saturated heterocycles. The van der Waals surface area contributed by atoms with Gasteiger partial charge in [-0.25, -0.2) is 0 Å². The molecule has 0 radical (unpaired) electrons. The maximum Gasteiger partial charge on any atom is 0.230 e. The van der Waals surface area contributed by atoms with E-state index in [0.717, 1.165) is 30.7 Å². The van der Waals surface area contributed by atoms with Gasteiger partial charge in [-0.15, -0.1) is 0 Å². The minimum atomic E-state index is -0.0599. The molecule has 1 aliphatic carbocycles. The fourth-order valence-corrected chi connectivity index (χ4v) is 4.99. The minimum Gasteiger partial charge on any atom is -0.349 e. The van der Waals surface area contributed by atoms with Crippen molar-refractivity contribution < 1.29 is 4.79 Å². The molecule has 2 aromatic rings. The van der Waals surface area contributed by atoms with Gasteiger partial charge in [-0.05, 0) is 66.0 Å². The molecule has 0 spiro atoms. The zero-order valence-corrected chi connectivity index (χ0v) is 16.6. The SMILES string of the molecule is CCN(CC)C(=O)[C@H]1C=C2c3cccc4[nH]c(Br)c(c34)CC2N(C)C1. The summed E-state index contributed by atoms with van der Waals surface area (Å²) in [6.07, 6.45) is 3.22. The molecule has 25 heavy (non-hydrogen) atoms. The molecule has 2 heterocycles. The number of amides is 1. The molecule has 1 aromatic heterocycles. The quantitative estimate of drug-likeness (QED) is 0.851. The average molecular weight is 402 g/mol. The summed E-state index contributed by atoms with van der Waals surface area (Å²) in [6.45, 7) is 6.43. The number of halogens is 1. The third kappa shape index (κ3) is 2.56. The first kappa shape index (κ1) is 16.9. The van der Waals surface area contributed by atoms with Crippen LogP contribution in [0.4, 0.5) is 0 Å². The van der Waals surface area contributed by atoms with Gasteiger partial charge < -0.3 is 9.88 Å². The molecule has 1 aromatic carbocycles. The molecule has 1 amide bonds. The summed E-state index contributed by atoms with van der Waals surface area (Å²) >= 11 is 3.69. The monoisotopic (exact) mass is 401 g/mol. The van der Waals surface area contributed by atoms with Crippen LogP contribution in [0.1, 0.15) is 25.0 Å². The molecule has 2 atom stereocenters. The Bertz CT molecular complexity index is 865. The Kier molecular flexibility index (Phi) is 4.24. The summed E-state index contributed by atoms with van der Waals surface area (Å²) in [7, 11) is 2.14. The van der Waals surface area contributed by atoms with Gasteiger partial charge >= 0.3 is 0 Å². The molecule has 4 rings (SSSR count). The second-order valence-electron chi connectivity index (χ2n) is 7.04. The molecule has 1 aliphatic heterocycles. The van der Waals surface area contributed by atoms with E-state index in [1.54, 1.807) is 0 Å². The molecular weight excluding hydrogens is 378 g/mol. The van der Waals surface area contributed by atoms with Crippen molar-refractivity contribution in [3.8, 4) is 0 Å². The highest BCUT2D eigenvalue weighted by atomic mass is 79.9. The third-order valence-electron chi connectivity index (χ3n) is 5.73. The molecule has 1 N–H and O–H groups in total. The Balaban J connectivity index is 1.83. The number of carbonyl (C=O) groups excluding carboxylic acids is 1.